The van der Waals surface area contributed by atoms with Crippen LogP contribution in [0.15, 0.2) is 53.6 Å². The highest BCUT2D eigenvalue weighted by Gasteiger charge is 2.11. The topological polar surface area (TPSA) is 73.3 Å². The SMILES string of the molecule is COc1ccc(-c2ccc(SCC(=O)Nc3cc(Cl)cc(Cl)c3)nn2)c(OC)c1. The van der Waals surface area contributed by atoms with Crippen molar-refractivity contribution < 1.29 is 14.3 Å². The molecule has 0 aliphatic rings. The molecule has 0 saturated heterocycles. The molecule has 0 unspecified atom stereocenters. The maximum Gasteiger partial charge on any atom is 0.234 e. The van der Waals surface area contributed by atoms with Gasteiger partial charge in [-0.25, -0.2) is 0 Å². The number of carbonyl (C=O) groups is 1. The summed E-state index contributed by atoms with van der Waals surface area (Å²) >= 11 is 13.1. The van der Waals surface area contributed by atoms with Crippen LogP contribution in [0.1, 0.15) is 0 Å². The van der Waals surface area contributed by atoms with E-state index in [1.54, 1.807) is 44.6 Å². The van der Waals surface area contributed by atoms with E-state index in [2.05, 4.69) is 15.5 Å². The Morgan fingerprint density at radius 3 is 2.38 bits per heavy atom. The summed E-state index contributed by atoms with van der Waals surface area (Å²) in [5.74, 6) is 1.30. The molecular weight excluding hydrogens is 433 g/mol. The zero-order chi connectivity index (χ0) is 20.8. The second kappa shape index (κ2) is 9.82. The molecule has 6 nitrogen and oxygen atoms in total. The first-order valence-corrected chi connectivity index (χ1v) is 10.2. The predicted octanol–water partition coefficient (Wildman–Crippen LogP) is 5.20. The first-order chi connectivity index (χ1) is 14.0. The van der Waals surface area contributed by atoms with E-state index in [0.717, 1.165) is 5.56 Å². The molecular formula is C20H17Cl2N3O3S. The van der Waals surface area contributed by atoms with E-state index in [9.17, 15) is 4.79 Å². The standard InChI is InChI=1S/C20H17Cl2N3O3S/c1-27-15-3-4-16(18(10-15)28-2)17-5-6-20(25-24-17)29-11-19(26)23-14-8-12(21)7-13(22)9-14/h3-10H,11H2,1-2H3,(H,23,26). The Labute approximate surface area is 182 Å². The van der Waals surface area contributed by atoms with Crippen molar-refractivity contribution in [3.05, 3.63) is 58.6 Å². The predicted molar refractivity (Wildman–Crippen MR) is 116 cm³/mol. The highest BCUT2D eigenvalue weighted by Crippen LogP contribution is 2.32. The zero-order valence-corrected chi connectivity index (χ0v) is 17.9. The third-order valence-electron chi connectivity index (χ3n) is 3.82. The molecule has 0 aliphatic heterocycles. The summed E-state index contributed by atoms with van der Waals surface area (Å²) in [7, 11) is 3.18. The maximum atomic E-state index is 12.1. The fraction of sp³-hybridized carbons (Fsp3) is 0.150. The quantitative estimate of drug-likeness (QED) is 0.499. The number of nitrogens with one attached hydrogen (secondary N) is 1. The van der Waals surface area contributed by atoms with Crippen LogP contribution >= 0.6 is 35.0 Å². The van der Waals surface area contributed by atoms with Crippen LogP contribution in [0.4, 0.5) is 5.69 Å². The van der Waals surface area contributed by atoms with Crippen LogP contribution in [0.3, 0.4) is 0 Å². The number of carbonyl (C=O) groups excluding carboxylic acids is 1. The molecule has 0 saturated carbocycles. The number of amides is 1. The molecule has 150 valence electrons. The Kier molecular flexibility index (Phi) is 7.19. The highest BCUT2D eigenvalue weighted by atomic mass is 35.5. The third kappa shape index (κ3) is 5.76. The minimum absolute atomic E-state index is 0.171. The Bertz CT molecular complexity index is 996. The lowest BCUT2D eigenvalue weighted by atomic mass is 10.1. The summed E-state index contributed by atoms with van der Waals surface area (Å²) < 4.78 is 10.6. The van der Waals surface area contributed by atoms with E-state index >= 15 is 0 Å². The van der Waals surface area contributed by atoms with Crippen molar-refractivity contribution in [2.45, 2.75) is 5.03 Å². The fourth-order valence-electron chi connectivity index (χ4n) is 2.51. The Morgan fingerprint density at radius 2 is 1.76 bits per heavy atom. The van der Waals surface area contributed by atoms with Crippen molar-refractivity contribution >= 4 is 46.6 Å². The average molecular weight is 450 g/mol. The van der Waals surface area contributed by atoms with E-state index < -0.39 is 0 Å². The van der Waals surface area contributed by atoms with Gasteiger partial charge >= 0.3 is 0 Å². The molecule has 0 fully saturated rings. The molecule has 2 aromatic carbocycles. The summed E-state index contributed by atoms with van der Waals surface area (Å²) in [5, 5.41) is 12.7. The first kappa shape index (κ1) is 21.2. The molecule has 0 spiro atoms. The molecule has 9 heteroatoms. The normalized spacial score (nSPS) is 10.5. The van der Waals surface area contributed by atoms with Crippen molar-refractivity contribution in [3.63, 3.8) is 0 Å². The van der Waals surface area contributed by atoms with Crippen LogP contribution in [0.25, 0.3) is 11.3 Å². The molecule has 1 amide bonds. The van der Waals surface area contributed by atoms with Gasteiger partial charge in [0.2, 0.25) is 5.91 Å². The Hall–Kier alpha value is -2.48. The number of benzene rings is 2. The van der Waals surface area contributed by atoms with Crippen LogP contribution in [-0.4, -0.2) is 36.1 Å². The van der Waals surface area contributed by atoms with Gasteiger partial charge < -0.3 is 14.8 Å². The van der Waals surface area contributed by atoms with E-state index in [-0.39, 0.29) is 11.7 Å². The van der Waals surface area contributed by atoms with E-state index in [4.69, 9.17) is 32.7 Å². The van der Waals surface area contributed by atoms with Crippen molar-refractivity contribution in [2.24, 2.45) is 0 Å². The van der Waals surface area contributed by atoms with Gasteiger partial charge in [-0.2, -0.15) is 0 Å². The number of rotatable bonds is 7. The smallest absolute Gasteiger partial charge is 0.234 e. The molecule has 0 radical (unpaired) electrons. The van der Waals surface area contributed by atoms with E-state index in [1.807, 2.05) is 18.2 Å². The summed E-state index contributed by atoms with van der Waals surface area (Å²) in [5.41, 5.74) is 2.00. The number of thioether (sulfide) groups is 1. The lowest BCUT2D eigenvalue weighted by Crippen LogP contribution is -2.14. The number of halogens is 2. The minimum atomic E-state index is -0.198. The average Bonchev–Trinajstić information content (AvgIpc) is 2.71. The summed E-state index contributed by atoms with van der Waals surface area (Å²) in [4.78, 5) is 12.1. The van der Waals surface area contributed by atoms with Gasteiger partial charge in [-0.1, -0.05) is 35.0 Å². The summed E-state index contributed by atoms with van der Waals surface area (Å²) in [6, 6.07) is 14.0. The minimum Gasteiger partial charge on any atom is -0.497 e. The number of methoxy groups -OCH3 is 2. The van der Waals surface area contributed by atoms with Crippen LogP contribution in [0, 0.1) is 0 Å². The lowest BCUT2D eigenvalue weighted by molar-refractivity contribution is -0.113. The molecule has 29 heavy (non-hydrogen) atoms. The second-order valence-corrected chi connectivity index (χ2v) is 7.69. The highest BCUT2D eigenvalue weighted by molar-refractivity contribution is 7.99. The molecule has 0 aliphatic carbocycles. The zero-order valence-electron chi connectivity index (χ0n) is 15.6. The van der Waals surface area contributed by atoms with Crippen LogP contribution < -0.4 is 14.8 Å². The molecule has 3 aromatic rings. The van der Waals surface area contributed by atoms with Crippen LogP contribution in [0.5, 0.6) is 11.5 Å². The van der Waals surface area contributed by atoms with Gasteiger partial charge in [0.15, 0.2) is 0 Å². The number of anilines is 1. The van der Waals surface area contributed by atoms with Gasteiger partial charge in [0.05, 0.1) is 25.7 Å². The molecule has 0 bridgehead atoms. The molecule has 0 atom stereocenters. The number of nitrogens with zero attached hydrogens (tertiary/aromatic N) is 2. The number of hydrogen-bond donors (Lipinski definition) is 1. The molecule has 1 heterocycles. The summed E-state index contributed by atoms with van der Waals surface area (Å²) in [6.07, 6.45) is 0. The van der Waals surface area contributed by atoms with Crippen molar-refractivity contribution in [2.75, 3.05) is 25.3 Å². The molecule has 3 rings (SSSR count). The third-order valence-corrected chi connectivity index (χ3v) is 5.18. The summed E-state index contributed by atoms with van der Waals surface area (Å²) in [6.45, 7) is 0. The molecule has 1 aromatic heterocycles. The van der Waals surface area contributed by atoms with Gasteiger partial charge in [-0.15, -0.1) is 10.2 Å². The van der Waals surface area contributed by atoms with Gasteiger partial charge in [0.25, 0.3) is 0 Å². The van der Waals surface area contributed by atoms with Crippen molar-refractivity contribution in [1.29, 1.82) is 0 Å². The maximum absolute atomic E-state index is 12.1. The Morgan fingerprint density at radius 1 is 1.00 bits per heavy atom. The second-order valence-electron chi connectivity index (χ2n) is 5.82. The van der Waals surface area contributed by atoms with Crippen LogP contribution in [-0.2, 0) is 4.79 Å². The monoisotopic (exact) mass is 449 g/mol. The number of aromatic nitrogens is 2. The van der Waals surface area contributed by atoms with Crippen LogP contribution in [0.2, 0.25) is 10.0 Å². The first-order valence-electron chi connectivity index (χ1n) is 8.43. The largest absolute Gasteiger partial charge is 0.497 e. The van der Waals surface area contributed by atoms with Gasteiger partial charge in [-0.05, 0) is 42.5 Å². The van der Waals surface area contributed by atoms with Crippen molar-refractivity contribution in [3.8, 4) is 22.8 Å². The lowest BCUT2D eigenvalue weighted by Gasteiger charge is -2.10. The van der Waals surface area contributed by atoms with Crippen molar-refractivity contribution in [1.82, 2.24) is 10.2 Å². The van der Waals surface area contributed by atoms with Gasteiger partial charge in [0.1, 0.15) is 16.5 Å². The van der Waals surface area contributed by atoms with Gasteiger partial charge in [-0.3, -0.25) is 4.79 Å². The number of ether oxygens (including phenoxy) is 2. The van der Waals surface area contributed by atoms with E-state index in [0.29, 0.717) is 38.0 Å². The van der Waals surface area contributed by atoms with E-state index in [1.165, 1.54) is 11.8 Å². The fourth-order valence-corrected chi connectivity index (χ4v) is 3.65. The molecule has 1 N–H and O–H groups in total. The Balaban J connectivity index is 1.63. The number of hydrogen-bond acceptors (Lipinski definition) is 6. The van der Waals surface area contributed by atoms with Gasteiger partial charge in [0, 0.05) is 27.4 Å².